The Bertz CT molecular complexity index is 198. The second kappa shape index (κ2) is 4.75. The molecule has 4 heteroatoms. The molecule has 0 heterocycles. The lowest BCUT2D eigenvalue weighted by atomic mass is 9.78. The van der Waals surface area contributed by atoms with Gasteiger partial charge in [0.2, 0.25) is 5.91 Å². The molecule has 1 amide bonds. The third kappa shape index (κ3) is 2.69. The second-order valence-electron chi connectivity index (χ2n) is 4.07. The number of ether oxygens (including phenoxy) is 1. The van der Waals surface area contributed by atoms with Crippen LogP contribution in [-0.4, -0.2) is 31.2 Å². The van der Waals surface area contributed by atoms with Crippen molar-refractivity contribution in [3.8, 4) is 0 Å². The van der Waals surface area contributed by atoms with Gasteiger partial charge >= 0.3 is 0 Å². The molecule has 0 spiro atoms. The number of amides is 1. The Hall–Kier alpha value is -0.610. The van der Waals surface area contributed by atoms with Gasteiger partial charge in [0.1, 0.15) is 6.10 Å². The highest BCUT2D eigenvalue weighted by atomic mass is 16.5. The average molecular weight is 200 g/mol. The number of rotatable bonds is 5. The van der Waals surface area contributed by atoms with Crippen molar-refractivity contribution in [2.45, 2.75) is 44.2 Å². The summed E-state index contributed by atoms with van der Waals surface area (Å²) in [6, 6.07) is 0. The van der Waals surface area contributed by atoms with Crippen molar-refractivity contribution in [2.24, 2.45) is 5.73 Å². The molecule has 1 unspecified atom stereocenters. The van der Waals surface area contributed by atoms with Gasteiger partial charge in [-0.25, -0.2) is 0 Å². The average Bonchev–Trinajstić information content (AvgIpc) is 2.13. The topological polar surface area (TPSA) is 64.3 Å². The maximum Gasteiger partial charge on any atom is 0.249 e. The molecule has 0 aromatic carbocycles. The standard InChI is InChI=1S/C10H20N2O2/c1-3-8(14-2)9(13)12-7-10(11)5-4-6-10/h8H,3-7,11H2,1-2H3,(H,12,13). The number of nitrogens with two attached hydrogens (primary N) is 1. The predicted molar refractivity (Wildman–Crippen MR) is 54.9 cm³/mol. The summed E-state index contributed by atoms with van der Waals surface area (Å²) in [6.45, 7) is 2.50. The van der Waals surface area contributed by atoms with Crippen LogP contribution in [0.25, 0.3) is 0 Å². The molecule has 1 aliphatic rings. The number of carbonyl (C=O) groups excluding carboxylic acids is 1. The Balaban J connectivity index is 2.26. The molecule has 0 radical (unpaired) electrons. The van der Waals surface area contributed by atoms with E-state index in [0.29, 0.717) is 13.0 Å². The Kier molecular flexibility index (Phi) is 3.89. The van der Waals surface area contributed by atoms with E-state index in [4.69, 9.17) is 10.5 Å². The Morgan fingerprint density at radius 2 is 2.29 bits per heavy atom. The minimum absolute atomic E-state index is 0.0493. The molecule has 14 heavy (non-hydrogen) atoms. The molecule has 3 N–H and O–H groups in total. The van der Waals surface area contributed by atoms with Crippen LogP contribution in [-0.2, 0) is 9.53 Å². The third-order valence-corrected chi connectivity index (χ3v) is 2.91. The van der Waals surface area contributed by atoms with Crippen molar-refractivity contribution >= 4 is 5.91 Å². The molecular formula is C10H20N2O2. The SMILES string of the molecule is CCC(OC)C(=O)NCC1(N)CCC1. The van der Waals surface area contributed by atoms with Gasteiger partial charge in [0.25, 0.3) is 0 Å². The summed E-state index contributed by atoms with van der Waals surface area (Å²) in [5, 5.41) is 2.84. The van der Waals surface area contributed by atoms with Gasteiger partial charge < -0.3 is 15.8 Å². The summed E-state index contributed by atoms with van der Waals surface area (Å²) in [5.74, 6) is -0.0493. The molecule has 82 valence electrons. The fourth-order valence-corrected chi connectivity index (χ4v) is 1.64. The maximum absolute atomic E-state index is 11.5. The van der Waals surface area contributed by atoms with Crippen LogP contribution in [0.1, 0.15) is 32.6 Å². The molecule has 0 aliphatic heterocycles. The molecule has 1 rings (SSSR count). The normalized spacial score (nSPS) is 21.1. The number of hydrogen-bond acceptors (Lipinski definition) is 3. The van der Waals surface area contributed by atoms with Gasteiger partial charge in [-0.05, 0) is 25.7 Å². The fraction of sp³-hybridized carbons (Fsp3) is 0.900. The zero-order valence-electron chi connectivity index (χ0n) is 9.01. The van der Waals surface area contributed by atoms with Crippen molar-refractivity contribution in [1.82, 2.24) is 5.32 Å². The van der Waals surface area contributed by atoms with Crippen LogP contribution >= 0.6 is 0 Å². The van der Waals surface area contributed by atoms with E-state index in [9.17, 15) is 4.79 Å². The fourth-order valence-electron chi connectivity index (χ4n) is 1.64. The first-order valence-corrected chi connectivity index (χ1v) is 5.20. The van der Waals surface area contributed by atoms with Crippen molar-refractivity contribution in [1.29, 1.82) is 0 Å². The lowest BCUT2D eigenvalue weighted by Crippen LogP contribution is -2.56. The van der Waals surface area contributed by atoms with Crippen molar-refractivity contribution in [2.75, 3.05) is 13.7 Å². The molecule has 1 fully saturated rings. The summed E-state index contributed by atoms with van der Waals surface area (Å²) in [6.07, 6.45) is 3.56. The monoisotopic (exact) mass is 200 g/mol. The van der Waals surface area contributed by atoms with Gasteiger partial charge in [0.15, 0.2) is 0 Å². The molecule has 0 bridgehead atoms. The number of carbonyl (C=O) groups is 1. The molecule has 0 saturated heterocycles. The highest BCUT2D eigenvalue weighted by molar-refractivity contribution is 5.80. The van der Waals surface area contributed by atoms with Crippen LogP contribution < -0.4 is 11.1 Å². The predicted octanol–water partition coefficient (Wildman–Crippen LogP) is 0.409. The second-order valence-corrected chi connectivity index (χ2v) is 4.07. The van der Waals surface area contributed by atoms with Gasteiger partial charge in [0.05, 0.1) is 0 Å². The molecule has 4 nitrogen and oxygen atoms in total. The Labute approximate surface area is 85.2 Å². The Morgan fingerprint density at radius 1 is 1.64 bits per heavy atom. The minimum atomic E-state index is -0.335. The van der Waals surface area contributed by atoms with Crippen molar-refractivity contribution < 1.29 is 9.53 Å². The van der Waals surface area contributed by atoms with E-state index >= 15 is 0 Å². The van der Waals surface area contributed by atoms with E-state index in [1.165, 1.54) is 6.42 Å². The van der Waals surface area contributed by atoms with Crippen LogP contribution in [0.15, 0.2) is 0 Å². The summed E-state index contributed by atoms with van der Waals surface area (Å²) in [7, 11) is 1.55. The number of hydrogen-bond donors (Lipinski definition) is 2. The summed E-state index contributed by atoms with van der Waals surface area (Å²) < 4.78 is 5.03. The lowest BCUT2D eigenvalue weighted by Gasteiger charge is -2.38. The highest BCUT2D eigenvalue weighted by Gasteiger charge is 2.33. The first-order valence-electron chi connectivity index (χ1n) is 5.20. The molecule has 0 aromatic heterocycles. The highest BCUT2D eigenvalue weighted by Crippen LogP contribution is 2.28. The van der Waals surface area contributed by atoms with Crippen molar-refractivity contribution in [3.05, 3.63) is 0 Å². The lowest BCUT2D eigenvalue weighted by molar-refractivity contribution is -0.131. The summed E-state index contributed by atoms with van der Waals surface area (Å²) in [4.78, 5) is 11.5. The largest absolute Gasteiger partial charge is 0.372 e. The van der Waals surface area contributed by atoms with Crippen LogP contribution in [0, 0.1) is 0 Å². The van der Waals surface area contributed by atoms with Crippen LogP contribution in [0.2, 0.25) is 0 Å². The quantitative estimate of drug-likeness (QED) is 0.675. The summed E-state index contributed by atoms with van der Waals surface area (Å²) in [5.41, 5.74) is 5.83. The third-order valence-electron chi connectivity index (χ3n) is 2.91. The smallest absolute Gasteiger partial charge is 0.249 e. The van der Waals surface area contributed by atoms with E-state index in [1.807, 2.05) is 6.92 Å². The van der Waals surface area contributed by atoms with E-state index in [-0.39, 0.29) is 17.6 Å². The molecule has 1 saturated carbocycles. The van der Waals surface area contributed by atoms with E-state index in [2.05, 4.69) is 5.32 Å². The minimum Gasteiger partial charge on any atom is -0.372 e. The van der Waals surface area contributed by atoms with Crippen LogP contribution in [0.5, 0.6) is 0 Å². The number of nitrogens with one attached hydrogen (secondary N) is 1. The van der Waals surface area contributed by atoms with Crippen molar-refractivity contribution in [3.63, 3.8) is 0 Å². The van der Waals surface area contributed by atoms with E-state index in [1.54, 1.807) is 7.11 Å². The van der Waals surface area contributed by atoms with E-state index in [0.717, 1.165) is 12.8 Å². The molecule has 1 aliphatic carbocycles. The van der Waals surface area contributed by atoms with Gasteiger partial charge in [0, 0.05) is 19.2 Å². The Morgan fingerprint density at radius 3 is 2.64 bits per heavy atom. The molecule has 0 aromatic rings. The zero-order chi connectivity index (χ0) is 10.6. The van der Waals surface area contributed by atoms with E-state index < -0.39 is 0 Å². The van der Waals surface area contributed by atoms with Gasteiger partial charge in [-0.2, -0.15) is 0 Å². The summed E-state index contributed by atoms with van der Waals surface area (Å²) >= 11 is 0. The number of methoxy groups -OCH3 is 1. The van der Waals surface area contributed by atoms with Crippen LogP contribution in [0.3, 0.4) is 0 Å². The zero-order valence-corrected chi connectivity index (χ0v) is 9.01. The van der Waals surface area contributed by atoms with Crippen LogP contribution in [0.4, 0.5) is 0 Å². The molecule has 1 atom stereocenters. The first-order chi connectivity index (χ1) is 6.61. The van der Waals surface area contributed by atoms with Gasteiger partial charge in [-0.3, -0.25) is 4.79 Å². The molecular weight excluding hydrogens is 180 g/mol. The van der Waals surface area contributed by atoms with Gasteiger partial charge in [-0.1, -0.05) is 6.92 Å². The van der Waals surface area contributed by atoms with Gasteiger partial charge in [-0.15, -0.1) is 0 Å². The maximum atomic E-state index is 11.5. The first kappa shape index (κ1) is 11.5.